The highest BCUT2D eigenvalue weighted by molar-refractivity contribution is 7.71. The molecule has 0 radical (unpaired) electrons. The van der Waals surface area contributed by atoms with Crippen LogP contribution in [0.25, 0.3) is 0 Å². The second-order valence-corrected chi connectivity index (χ2v) is 5.42. The average molecular weight is 334 g/mol. The number of nitrogens with one attached hydrogen (secondary N) is 2. The van der Waals surface area contributed by atoms with Crippen LogP contribution in [0.4, 0.5) is 0 Å². The lowest BCUT2D eigenvalue weighted by Gasteiger charge is -2.18. The van der Waals surface area contributed by atoms with Crippen LogP contribution < -0.4 is 10.3 Å². The topological polar surface area (TPSA) is 91.1 Å². The third kappa shape index (κ3) is 4.49. The first-order valence-corrected chi connectivity index (χ1v) is 7.46. The number of H-pyrrole nitrogens is 2. The maximum Gasteiger partial charge on any atom is 0.273 e. The van der Waals surface area contributed by atoms with E-state index in [0.29, 0.717) is 6.54 Å². The number of methoxy groups -OCH3 is 1. The molecule has 2 aromatic rings. The monoisotopic (exact) mass is 334 g/mol. The molecule has 1 heterocycles. The number of para-hydroxylation sites is 1. The summed E-state index contributed by atoms with van der Waals surface area (Å²) in [5, 5.41) is 6.37. The Balaban J connectivity index is 1.97. The van der Waals surface area contributed by atoms with Crippen molar-refractivity contribution < 1.29 is 9.53 Å². The van der Waals surface area contributed by atoms with Crippen LogP contribution in [-0.4, -0.2) is 40.1 Å². The number of carbonyl (C=O) groups excluding carboxylic acids is 1. The van der Waals surface area contributed by atoms with E-state index in [2.05, 4.69) is 15.2 Å². The van der Waals surface area contributed by atoms with Crippen molar-refractivity contribution in [2.45, 2.75) is 19.4 Å². The van der Waals surface area contributed by atoms with E-state index in [0.717, 1.165) is 11.3 Å². The van der Waals surface area contributed by atoms with E-state index >= 15 is 0 Å². The van der Waals surface area contributed by atoms with Crippen molar-refractivity contribution in [1.82, 2.24) is 20.1 Å². The van der Waals surface area contributed by atoms with Gasteiger partial charge in [0.1, 0.15) is 11.4 Å². The molecule has 0 bridgehead atoms. The fourth-order valence-corrected chi connectivity index (χ4v) is 2.27. The van der Waals surface area contributed by atoms with Crippen LogP contribution in [0.2, 0.25) is 0 Å². The van der Waals surface area contributed by atoms with Gasteiger partial charge >= 0.3 is 0 Å². The maximum atomic E-state index is 12.2. The number of aromatic nitrogens is 3. The van der Waals surface area contributed by atoms with Crippen molar-refractivity contribution in [3.05, 3.63) is 50.6 Å². The van der Waals surface area contributed by atoms with Crippen LogP contribution in [0.3, 0.4) is 0 Å². The Hall–Kier alpha value is -2.48. The first-order chi connectivity index (χ1) is 11.0. The largest absolute Gasteiger partial charge is 0.496 e. The highest BCUT2D eigenvalue weighted by atomic mass is 32.1. The summed E-state index contributed by atoms with van der Waals surface area (Å²) >= 11 is 4.77. The van der Waals surface area contributed by atoms with E-state index in [-0.39, 0.29) is 34.8 Å². The summed E-state index contributed by atoms with van der Waals surface area (Å²) in [6.07, 6.45) is 0.433. The third-order valence-electron chi connectivity index (χ3n) is 3.38. The fourth-order valence-electron chi connectivity index (χ4n) is 2.14. The Morgan fingerprint density at radius 3 is 2.83 bits per heavy atom. The Morgan fingerprint density at radius 2 is 2.13 bits per heavy atom. The molecule has 0 aliphatic rings. The van der Waals surface area contributed by atoms with Gasteiger partial charge in [0.2, 0.25) is 5.91 Å². The number of carbonyl (C=O) groups is 1. The Labute approximate surface area is 138 Å². The van der Waals surface area contributed by atoms with Crippen molar-refractivity contribution in [2.75, 3.05) is 14.2 Å². The first-order valence-electron chi connectivity index (χ1n) is 7.05. The summed E-state index contributed by atoms with van der Waals surface area (Å²) in [6.45, 7) is 0.434. The van der Waals surface area contributed by atoms with Crippen molar-refractivity contribution in [1.29, 1.82) is 0 Å². The lowest BCUT2D eigenvalue weighted by atomic mass is 10.1. The summed E-state index contributed by atoms with van der Waals surface area (Å²) in [5.41, 5.74) is 0.817. The number of rotatable bonds is 6. The molecular weight excluding hydrogens is 316 g/mol. The van der Waals surface area contributed by atoms with Gasteiger partial charge in [-0.1, -0.05) is 18.2 Å². The minimum Gasteiger partial charge on any atom is -0.496 e. The van der Waals surface area contributed by atoms with Crippen LogP contribution in [0.15, 0.2) is 29.1 Å². The zero-order chi connectivity index (χ0) is 16.8. The molecule has 2 rings (SSSR count). The van der Waals surface area contributed by atoms with E-state index in [4.69, 9.17) is 17.0 Å². The van der Waals surface area contributed by atoms with Crippen molar-refractivity contribution in [3.63, 3.8) is 0 Å². The van der Waals surface area contributed by atoms with Gasteiger partial charge in [-0.25, -0.2) is 0 Å². The van der Waals surface area contributed by atoms with Gasteiger partial charge in [-0.2, -0.15) is 5.10 Å². The van der Waals surface area contributed by atoms with E-state index < -0.39 is 0 Å². The lowest BCUT2D eigenvalue weighted by Crippen LogP contribution is -2.27. The number of hydrogen-bond donors (Lipinski definition) is 2. The summed E-state index contributed by atoms with van der Waals surface area (Å²) in [4.78, 5) is 27.9. The number of aromatic amines is 2. The van der Waals surface area contributed by atoms with Gasteiger partial charge in [0.25, 0.3) is 5.56 Å². The summed E-state index contributed by atoms with van der Waals surface area (Å²) in [6, 6.07) is 7.53. The SMILES string of the molecule is COc1ccccc1CN(C)C(=O)CCc1n[nH]c(=S)[nH]c1=O. The molecule has 23 heavy (non-hydrogen) atoms. The molecule has 122 valence electrons. The minimum absolute atomic E-state index is 0.0837. The molecule has 0 unspecified atom stereocenters. The summed E-state index contributed by atoms with van der Waals surface area (Å²) in [7, 11) is 3.31. The van der Waals surface area contributed by atoms with Gasteiger partial charge in [0.15, 0.2) is 4.77 Å². The molecule has 0 saturated carbocycles. The molecule has 1 aromatic carbocycles. The van der Waals surface area contributed by atoms with E-state index in [9.17, 15) is 9.59 Å². The molecule has 2 N–H and O–H groups in total. The molecule has 0 atom stereocenters. The smallest absolute Gasteiger partial charge is 0.273 e. The lowest BCUT2D eigenvalue weighted by molar-refractivity contribution is -0.130. The molecular formula is C15H18N4O3S. The number of nitrogens with zero attached hydrogens (tertiary/aromatic N) is 2. The number of aryl methyl sites for hydroxylation is 1. The normalized spacial score (nSPS) is 10.3. The van der Waals surface area contributed by atoms with Crippen LogP contribution in [0, 0.1) is 4.77 Å². The van der Waals surface area contributed by atoms with Gasteiger partial charge in [-0.05, 0) is 18.3 Å². The summed E-state index contributed by atoms with van der Waals surface area (Å²) < 4.78 is 5.44. The molecule has 7 nitrogen and oxygen atoms in total. The standard InChI is InChI=1S/C15H18N4O3S/c1-19(9-10-5-3-4-6-12(10)22-2)13(20)8-7-11-14(21)16-15(23)18-17-11/h3-6H,7-9H2,1-2H3,(H2,16,18,21,23). The quantitative estimate of drug-likeness (QED) is 0.780. The highest BCUT2D eigenvalue weighted by Gasteiger charge is 2.13. The Bertz CT molecular complexity index is 800. The van der Waals surface area contributed by atoms with Crippen LogP contribution in [0.5, 0.6) is 5.75 Å². The van der Waals surface area contributed by atoms with Gasteiger partial charge in [-0.3, -0.25) is 19.7 Å². The Kier molecular flexibility index (Phi) is 5.64. The number of benzene rings is 1. The van der Waals surface area contributed by atoms with Crippen LogP contribution in [-0.2, 0) is 17.8 Å². The fraction of sp³-hybridized carbons (Fsp3) is 0.333. The van der Waals surface area contributed by atoms with E-state index in [1.807, 2.05) is 24.3 Å². The van der Waals surface area contributed by atoms with Crippen LogP contribution >= 0.6 is 12.2 Å². The number of ether oxygens (including phenoxy) is 1. The molecule has 0 saturated heterocycles. The van der Waals surface area contributed by atoms with E-state index in [1.165, 1.54) is 0 Å². The molecule has 8 heteroatoms. The zero-order valence-electron chi connectivity index (χ0n) is 13.0. The molecule has 0 fully saturated rings. The first kappa shape index (κ1) is 16.9. The highest BCUT2D eigenvalue weighted by Crippen LogP contribution is 2.19. The Morgan fingerprint density at radius 1 is 1.39 bits per heavy atom. The number of hydrogen-bond acceptors (Lipinski definition) is 5. The molecule has 0 aliphatic carbocycles. The summed E-state index contributed by atoms with van der Waals surface area (Å²) in [5.74, 6) is 0.653. The number of amides is 1. The molecule has 0 spiro atoms. The maximum absolute atomic E-state index is 12.2. The predicted octanol–water partition coefficient (Wildman–Crippen LogP) is 1.43. The van der Waals surface area contributed by atoms with Crippen LogP contribution in [0.1, 0.15) is 17.7 Å². The molecule has 0 aliphatic heterocycles. The van der Waals surface area contributed by atoms with Gasteiger partial charge in [-0.15, -0.1) is 0 Å². The molecule has 1 amide bonds. The minimum atomic E-state index is -0.367. The van der Waals surface area contributed by atoms with Crippen molar-refractivity contribution in [3.8, 4) is 5.75 Å². The van der Waals surface area contributed by atoms with Gasteiger partial charge in [0.05, 0.1) is 7.11 Å². The van der Waals surface area contributed by atoms with Crippen molar-refractivity contribution in [2.24, 2.45) is 0 Å². The third-order valence-corrected chi connectivity index (χ3v) is 3.58. The average Bonchev–Trinajstić information content (AvgIpc) is 2.54. The van der Waals surface area contributed by atoms with Crippen molar-refractivity contribution >= 4 is 18.1 Å². The van der Waals surface area contributed by atoms with Gasteiger partial charge in [0, 0.05) is 32.0 Å². The van der Waals surface area contributed by atoms with E-state index in [1.54, 1.807) is 19.1 Å². The predicted molar refractivity (Wildman–Crippen MR) is 87.8 cm³/mol. The molecule has 1 aromatic heterocycles. The second kappa shape index (κ2) is 7.68. The zero-order valence-corrected chi connectivity index (χ0v) is 13.8. The van der Waals surface area contributed by atoms with Gasteiger partial charge < -0.3 is 9.64 Å². The second-order valence-electron chi connectivity index (χ2n) is 5.02.